The van der Waals surface area contributed by atoms with Crippen LogP contribution in [0.2, 0.25) is 0 Å². The van der Waals surface area contributed by atoms with Crippen molar-refractivity contribution in [3.8, 4) is 0 Å². The van der Waals surface area contributed by atoms with E-state index in [2.05, 4.69) is 4.72 Å². The second kappa shape index (κ2) is 6.04. The molecule has 1 aromatic carbocycles. The average Bonchev–Trinajstić information content (AvgIpc) is 2.27. The lowest BCUT2D eigenvalue weighted by Gasteiger charge is -2.08. The van der Waals surface area contributed by atoms with E-state index in [1.54, 1.807) is 6.92 Å². The number of para-hydroxylation sites is 1. The molecule has 1 atom stereocenters. The Kier molecular flexibility index (Phi) is 4.92. The van der Waals surface area contributed by atoms with E-state index >= 15 is 0 Å². The molecule has 1 aromatic rings. The topological polar surface area (TPSA) is 115 Å². The highest BCUT2D eigenvalue weighted by atomic mass is 32.2. The zero-order chi connectivity index (χ0) is 14.6. The van der Waals surface area contributed by atoms with Gasteiger partial charge in [0.25, 0.3) is 0 Å². The Morgan fingerprint density at radius 3 is 2.68 bits per heavy atom. The van der Waals surface area contributed by atoms with Crippen LogP contribution in [0.5, 0.6) is 0 Å². The van der Waals surface area contributed by atoms with E-state index in [9.17, 15) is 22.9 Å². The van der Waals surface area contributed by atoms with E-state index in [4.69, 9.17) is 5.73 Å². The summed E-state index contributed by atoms with van der Waals surface area (Å²) < 4.78 is 39.2. The first kappa shape index (κ1) is 15.5. The molecule has 7 nitrogen and oxygen atoms in total. The number of nitrogens with zero attached hydrogens (tertiary/aromatic N) is 1. The minimum absolute atomic E-state index is 0.0215. The smallest absolute Gasteiger partial charge is 0.324 e. The van der Waals surface area contributed by atoms with E-state index in [0.717, 1.165) is 18.2 Å². The predicted octanol–water partition coefficient (Wildman–Crippen LogP) is 0.750. The van der Waals surface area contributed by atoms with Gasteiger partial charge in [-0.2, -0.15) is 4.39 Å². The van der Waals surface area contributed by atoms with Gasteiger partial charge < -0.3 is 5.73 Å². The average molecular weight is 291 g/mol. The summed E-state index contributed by atoms with van der Waals surface area (Å²) in [5, 5.41) is 10.7. The molecule has 0 aliphatic heterocycles. The number of hydrogen-bond donors (Lipinski definition) is 2. The van der Waals surface area contributed by atoms with Crippen molar-refractivity contribution in [3.05, 3.63) is 34.1 Å². The Balaban J connectivity index is 3.08. The summed E-state index contributed by atoms with van der Waals surface area (Å²) in [6.45, 7) is 1.71. The molecule has 0 heterocycles. The SMILES string of the molecule is CC(N)CCNS(=O)(=O)c1cccc(F)c1[N+](=O)[O-]. The number of nitrogens with one attached hydrogen (secondary N) is 1. The highest BCUT2D eigenvalue weighted by Gasteiger charge is 2.28. The highest BCUT2D eigenvalue weighted by molar-refractivity contribution is 7.89. The molecule has 3 N–H and O–H groups in total. The summed E-state index contributed by atoms with van der Waals surface area (Å²) in [5.41, 5.74) is 4.40. The highest BCUT2D eigenvalue weighted by Crippen LogP contribution is 2.26. The van der Waals surface area contributed by atoms with Crippen LogP contribution in [0, 0.1) is 15.9 Å². The van der Waals surface area contributed by atoms with Gasteiger partial charge in [0.2, 0.25) is 15.8 Å². The van der Waals surface area contributed by atoms with Crippen molar-refractivity contribution in [2.24, 2.45) is 5.73 Å². The number of rotatable bonds is 6. The number of benzene rings is 1. The zero-order valence-electron chi connectivity index (χ0n) is 10.2. The third-order valence-electron chi connectivity index (χ3n) is 2.31. The van der Waals surface area contributed by atoms with Gasteiger partial charge in [0, 0.05) is 12.6 Å². The predicted molar refractivity (Wildman–Crippen MR) is 66.5 cm³/mol. The first-order valence-corrected chi connectivity index (χ1v) is 6.92. The van der Waals surface area contributed by atoms with Crippen LogP contribution < -0.4 is 10.5 Å². The van der Waals surface area contributed by atoms with Gasteiger partial charge in [-0.1, -0.05) is 6.07 Å². The van der Waals surface area contributed by atoms with E-state index in [1.165, 1.54) is 0 Å². The summed E-state index contributed by atoms with van der Waals surface area (Å²) in [4.78, 5) is 8.97. The van der Waals surface area contributed by atoms with Gasteiger partial charge in [-0.15, -0.1) is 0 Å². The second-order valence-corrected chi connectivity index (χ2v) is 5.74. The fourth-order valence-electron chi connectivity index (χ4n) is 1.39. The molecule has 0 amide bonds. The van der Waals surface area contributed by atoms with E-state index < -0.39 is 31.3 Å². The Morgan fingerprint density at radius 1 is 1.53 bits per heavy atom. The molecule has 0 saturated heterocycles. The normalized spacial score (nSPS) is 13.2. The van der Waals surface area contributed by atoms with Crippen LogP contribution in [-0.4, -0.2) is 25.9 Å². The minimum atomic E-state index is -4.14. The van der Waals surface area contributed by atoms with Gasteiger partial charge in [-0.05, 0) is 25.5 Å². The van der Waals surface area contributed by atoms with Gasteiger partial charge in [-0.25, -0.2) is 13.1 Å². The molecule has 0 aliphatic rings. The molecule has 0 radical (unpaired) electrons. The molecular weight excluding hydrogens is 277 g/mol. The molecule has 0 aliphatic carbocycles. The Hall–Kier alpha value is -1.58. The van der Waals surface area contributed by atoms with Gasteiger partial charge in [0.1, 0.15) is 0 Å². The summed E-state index contributed by atoms with van der Waals surface area (Å²) in [5.74, 6) is -1.19. The quantitative estimate of drug-likeness (QED) is 0.592. The summed E-state index contributed by atoms with van der Waals surface area (Å²) >= 11 is 0. The fourth-order valence-corrected chi connectivity index (χ4v) is 2.61. The van der Waals surface area contributed by atoms with Crippen LogP contribution in [0.3, 0.4) is 0 Å². The van der Waals surface area contributed by atoms with Crippen LogP contribution in [0.25, 0.3) is 0 Å². The number of halogens is 1. The van der Waals surface area contributed by atoms with Crippen LogP contribution in [-0.2, 0) is 10.0 Å². The molecule has 0 saturated carbocycles. The molecule has 0 bridgehead atoms. The molecule has 19 heavy (non-hydrogen) atoms. The maximum atomic E-state index is 13.3. The Morgan fingerprint density at radius 2 is 2.16 bits per heavy atom. The lowest BCUT2D eigenvalue weighted by atomic mass is 10.3. The minimum Gasteiger partial charge on any atom is -0.328 e. The second-order valence-electron chi connectivity index (χ2n) is 4.01. The zero-order valence-corrected chi connectivity index (χ0v) is 11.0. The van der Waals surface area contributed by atoms with Crippen molar-refractivity contribution in [1.82, 2.24) is 4.72 Å². The lowest BCUT2D eigenvalue weighted by molar-refractivity contribution is -0.390. The Bertz CT molecular complexity index is 574. The van der Waals surface area contributed by atoms with Crippen molar-refractivity contribution in [2.45, 2.75) is 24.3 Å². The van der Waals surface area contributed by atoms with Gasteiger partial charge in [-0.3, -0.25) is 10.1 Å². The number of nitrogens with two attached hydrogens (primary N) is 1. The van der Waals surface area contributed by atoms with Crippen molar-refractivity contribution in [1.29, 1.82) is 0 Å². The first-order chi connectivity index (χ1) is 8.75. The van der Waals surface area contributed by atoms with E-state index in [-0.39, 0.29) is 12.6 Å². The molecule has 9 heteroatoms. The van der Waals surface area contributed by atoms with Gasteiger partial charge in [0.15, 0.2) is 4.90 Å². The van der Waals surface area contributed by atoms with Crippen LogP contribution in [0.4, 0.5) is 10.1 Å². The third kappa shape index (κ3) is 3.94. The molecule has 1 unspecified atom stereocenters. The van der Waals surface area contributed by atoms with Crippen LogP contribution in [0.1, 0.15) is 13.3 Å². The van der Waals surface area contributed by atoms with Crippen LogP contribution in [0.15, 0.2) is 23.1 Å². The molecule has 0 aromatic heterocycles. The van der Waals surface area contributed by atoms with Crippen molar-refractivity contribution in [3.63, 3.8) is 0 Å². The monoisotopic (exact) mass is 291 g/mol. The number of hydrogen-bond acceptors (Lipinski definition) is 5. The number of nitro benzene ring substituents is 1. The standard InChI is InChI=1S/C10H14FN3O4S/c1-7(12)5-6-13-19(17,18)9-4-2-3-8(11)10(9)14(15)16/h2-4,7,13H,5-6,12H2,1H3. The molecule has 0 spiro atoms. The maximum absolute atomic E-state index is 13.3. The molecule has 1 rings (SSSR count). The van der Waals surface area contributed by atoms with Gasteiger partial charge in [0.05, 0.1) is 4.92 Å². The van der Waals surface area contributed by atoms with Crippen molar-refractivity contribution < 1.29 is 17.7 Å². The fraction of sp³-hybridized carbons (Fsp3) is 0.400. The number of nitro groups is 1. The van der Waals surface area contributed by atoms with E-state index in [0.29, 0.717) is 6.42 Å². The van der Waals surface area contributed by atoms with Gasteiger partial charge >= 0.3 is 5.69 Å². The summed E-state index contributed by atoms with van der Waals surface area (Å²) in [7, 11) is -4.14. The lowest BCUT2D eigenvalue weighted by Crippen LogP contribution is -2.29. The molecular formula is C10H14FN3O4S. The Labute approximate surface area is 109 Å². The van der Waals surface area contributed by atoms with Crippen molar-refractivity contribution in [2.75, 3.05) is 6.54 Å². The maximum Gasteiger partial charge on any atom is 0.324 e. The van der Waals surface area contributed by atoms with Crippen LogP contribution >= 0.6 is 0 Å². The van der Waals surface area contributed by atoms with E-state index in [1.807, 2.05) is 0 Å². The molecule has 106 valence electrons. The molecule has 0 fully saturated rings. The van der Waals surface area contributed by atoms with Crippen molar-refractivity contribution >= 4 is 15.7 Å². The summed E-state index contributed by atoms with van der Waals surface area (Å²) in [6, 6.07) is 2.70. The largest absolute Gasteiger partial charge is 0.328 e. The summed E-state index contributed by atoms with van der Waals surface area (Å²) in [6.07, 6.45) is 0.363. The number of sulfonamides is 1. The third-order valence-corrected chi connectivity index (χ3v) is 3.81. The first-order valence-electron chi connectivity index (χ1n) is 5.44.